The Morgan fingerprint density at radius 1 is 1.19 bits per heavy atom. The lowest BCUT2D eigenvalue weighted by Crippen LogP contribution is -2.47. The molecule has 0 unspecified atom stereocenters. The highest BCUT2D eigenvalue weighted by Crippen LogP contribution is 2.41. The van der Waals surface area contributed by atoms with E-state index in [-0.39, 0.29) is 31.1 Å². The fourth-order valence-electron chi connectivity index (χ4n) is 5.04. The first kappa shape index (κ1) is 26.7. The first-order valence-electron chi connectivity index (χ1n) is 12.4. The summed E-state index contributed by atoms with van der Waals surface area (Å²) in [7, 11) is -0.411. The third-order valence-corrected chi connectivity index (χ3v) is 7.87. The maximum absolute atomic E-state index is 13.5. The second-order valence-electron chi connectivity index (χ2n) is 10.8. The van der Waals surface area contributed by atoms with Crippen LogP contribution in [0.15, 0.2) is 45.0 Å². The van der Waals surface area contributed by atoms with Gasteiger partial charge in [0.2, 0.25) is 0 Å². The summed E-state index contributed by atoms with van der Waals surface area (Å²) in [4.78, 5) is 42.0. The van der Waals surface area contributed by atoms with Crippen LogP contribution in [-0.4, -0.2) is 42.9 Å². The van der Waals surface area contributed by atoms with Gasteiger partial charge in [-0.15, -0.1) is 0 Å². The molecular formula is C25H32BN5O6. The molecule has 0 aliphatic carbocycles. The highest BCUT2D eigenvalue weighted by molar-refractivity contribution is 6.45. The summed E-state index contributed by atoms with van der Waals surface area (Å²) in [6.07, 6.45) is 1.64. The van der Waals surface area contributed by atoms with Gasteiger partial charge in [-0.2, -0.15) is 0 Å². The van der Waals surface area contributed by atoms with E-state index in [2.05, 4.69) is 10.0 Å². The van der Waals surface area contributed by atoms with Crippen molar-refractivity contribution in [2.75, 3.05) is 23.7 Å². The molecule has 0 bridgehead atoms. The van der Waals surface area contributed by atoms with Gasteiger partial charge in [0, 0.05) is 23.9 Å². The first-order valence-corrected chi connectivity index (χ1v) is 12.4. The normalized spacial score (nSPS) is 24.3. The number of carbonyl (C=O) groups excluding carboxylic acids is 1. The quantitative estimate of drug-likeness (QED) is 0.135. The lowest BCUT2D eigenvalue weighted by molar-refractivity contribution is -0.152. The molecule has 2 N–H and O–H groups in total. The number of nitrogens with zero attached hydrogens (tertiary/aromatic N) is 4. The minimum Gasteiger partial charge on any atom is -0.460 e. The van der Waals surface area contributed by atoms with E-state index in [1.165, 1.54) is 0 Å². The zero-order valence-electron chi connectivity index (χ0n) is 21.6. The largest absolute Gasteiger partial charge is 0.460 e. The van der Waals surface area contributed by atoms with E-state index >= 15 is 0 Å². The van der Waals surface area contributed by atoms with Gasteiger partial charge in [0.05, 0.1) is 11.2 Å². The monoisotopic (exact) mass is 509 g/mol. The summed E-state index contributed by atoms with van der Waals surface area (Å²) in [6.45, 7) is 8.02. The molecule has 2 aromatic carbocycles. The van der Waals surface area contributed by atoms with Gasteiger partial charge < -0.3 is 24.7 Å². The molecule has 2 heterocycles. The van der Waals surface area contributed by atoms with Gasteiger partial charge in [0.1, 0.15) is 18.0 Å². The summed E-state index contributed by atoms with van der Waals surface area (Å²) in [5.41, 5.74) is 12.0. The number of hydrogen-bond acceptors (Lipinski definition) is 9. The van der Waals surface area contributed by atoms with Crippen LogP contribution in [0.3, 0.4) is 0 Å². The fraction of sp³-hybridized carbons (Fsp3) is 0.560. The van der Waals surface area contributed by atoms with Crippen LogP contribution in [-0.2, 0) is 25.4 Å². The van der Waals surface area contributed by atoms with E-state index in [1.807, 2.05) is 58.0 Å². The Labute approximate surface area is 215 Å². The molecule has 37 heavy (non-hydrogen) atoms. The Bertz CT molecular complexity index is 1270. The average Bonchev–Trinajstić information content (AvgIpc) is 3.30. The lowest BCUT2D eigenvalue weighted by Gasteiger charge is -2.32. The van der Waals surface area contributed by atoms with Crippen LogP contribution in [0.4, 0.5) is 11.4 Å². The number of nitrogen functional groups attached to an aromatic ring is 1. The Morgan fingerprint density at radius 2 is 1.84 bits per heavy atom. The van der Waals surface area contributed by atoms with Gasteiger partial charge >= 0.3 is 13.1 Å². The molecule has 11 nitrogen and oxygen atoms in total. The van der Waals surface area contributed by atoms with Crippen molar-refractivity contribution in [2.45, 2.75) is 70.2 Å². The van der Waals surface area contributed by atoms with Crippen molar-refractivity contribution < 1.29 is 18.8 Å². The number of esters is 1. The topological polar surface area (TPSA) is 157 Å². The van der Waals surface area contributed by atoms with Crippen LogP contribution in [0.25, 0.3) is 10.4 Å². The number of carbonyl (C=O) groups is 1. The van der Waals surface area contributed by atoms with Crippen molar-refractivity contribution in [3.05, 3.63) is 66.8 Å². The molecule has 2 aliphatic rings. The molecule has 0 aromatic heterocycles. The Morgan fingerprint density at radius 3 is 2.43 bits per heavy atom. The summed E-state index contributed by atoms with van der Waals surface area (Å²) >= 11 is 0. The zero-order valence-corrected chi connectivity index (χ0v) is 21.6. The van der Waals surface area contributed by atoms with Crippen LogP contribution in [0.5, 0.6) is 0 Å². The zero-order chi connectivity index (χ0) is 27.0. The number of anilines is 2. The fourth-order valence-corrected chi connectivity index (χ4v) is 5.04. The molecule has 0 radical (unpaired) electrons. The van der Waals surface area contributed by atoms with Crippen molar-refractivity contribution in [3.63, 3.8) is 0 Å². The molecule has 0 spiro atoms. The van der Waals surface area contributed by atoms with Gasteiger partial charge in [0.15, 0.2) is 5.54 Å². The van der Waals surface area contributed by atoms with Crippen LogP contribution >= 0.6 is 0 Å². The summed E-state index contributed by atoms with van der Waals surface area (Å²) in [6, 6.07) is 9.15. The van der Waals surface area contributed by atoms with Crippen LogP contribution in [0, 0.1) is 5.92 Å². The van der Waals surface area contributed by atoms with Gasteiger partial charge in [-0.05, 0) is 51.5 Å². The molecule has 4 rings (SSSR count). The standard InChI is InChI=1S/C25H32BN5O6/c1-23(2)24(3,4)37-26(36-23)12-8-11-17-13-31(19-18(27)20(32)21(19)33)15-25(17,29-30-28)22(34)35-14-16-9-6-5-7-10-16/h5-7,9-10,17H,8,11-15,27H2,1-4H3/t17-,25-/m0/s1. The van der Waals surface area contributed by atoms with Crippen molar-refractivity contribution in [3.8, 4) is 0 Å². The van der Waals surface area contributed by atoms with Crippen LogP contribution in [0.2, 0.25) is 6.32 Å². The van der Waals surface area contributed by atoms with E-state index in [4.69, 9.17) is 19.8 Å². The van der Waals surface area contributed by atoms with E-state index in [9.17, 15) is 19.9 Å². The van der Waals surface area contributed by atoms with Gasteiger partial charge in [0.25, 0.3) is 10.9 Å². The SMILES string of the molecule is CC1(C)OB(CCC[C@H]2CN(c3c(N)c(=O)c3=O)C[C@@]2(N=[N+]=[N-])C(=O)OCc2ccccc2)OC1(C)C. The molecule has 196 valence electrons. The number of hydrogen-bond donors (Lipinski definition) is 1. The van der Waals surface area contributed by atoms with Gasteiger partial charge in [-0.3, -0.25) is 14.4 Å². The van der Waals surface area contributed by atoms with Crippen molar-refractivity contribution in [1.82, 2.24) is 0 Å². The Balaban J connectivity index is 1.54. The third-order valence-electron chi connectivity index (χ3n) is 7.87. The molecule has 0 amide bonds. The van der Waals surface area contributed by atoms with E-state index in [0.29, 0.717) is 19.2 Å². The first-order chi connectivity index (χ1) is 17.4. The highest BCUT2D eigenvalue weighted by atomic mass is 16.7. The molecule has 2 aliphatic heterocycles. The molecule has 2 atom stereocenters. The van der Waals surface area contributed by atoms with Crippen LogP contribution < -0.4 is 21.5 Å². The molecule has 0 saturated carbocycles. The number of nitrogens with two attached hydrogens (primary N) is 1. The van der Waals surface area contributed by atoms with E-state index < -0.39 is 46.6 Å². The van der Waals surface area contributed by atoms with Crippen molar-refractivity contribution in [2.24, 2.45) is 11.0 Å². The molecular weight excluding hydrogens is 477 g/mol. The Hall–Kier alpha value is -3.34. The molecule has 12 heteroatoms. The maximum Gasteiger partial charge on any atom is 0.457 e. The lowest BCUT2D eigenvalue weighted by atomic mass is 9.78. The molecule has 2 fully saturated rings. The second-order valence-corrected chi connectivity index (χ2v) is 10.8. The highest BCUT2D eigenvalue weighted by Gasteiger charge is 2.55. The second kappa shape index (κ2) is 9.85. The summed E-state index contributed by atoms with van der Waals surface area (Å²) in [5, 5.41) is 3.95. The predicted octanol–water partition coefficient (Wildman–Crippen LogP) is 2.97. The van der Waals surface area contributed by atoms with Crippen molar-refractivity contribution >= 4 is 24.5 Å². The molecule has 2 saturated heterocycles. The predicted molar refractivity (Wildman–Crippen MR) is 140 cm³/mol. The molecule has 2 aromatic rings. The number of ether oxygens (including phenoxy) is 1. The minimum atomic E-state index is -1.59. The minimum absolute atomic E-state index is 0.00522. The van der Waals surface area contributed by atoms with Crippen LogP contribution in [0.1, 0.15) is 46.1 Å². The smallest absolute Gasteiger partial charge is 0.457 e. The summed E-state index contributed by atoms with van der Waals surface area (Å²) < 4.78 is 17.8. The number of benzene rings is 1. The third kappa shape index (κ3) is 4.84. The average molecular weight is 509 g/mol. The van der Waals surface area contributed by atoms with Crippen molar-refractivity contribution in [1.29, 1.82) is 0 Å². The van der Waals surface area contributed by atoms with E-state index in [0.717, 1.165) is 5.56 Å². The van der Waals surface area contributed by atoms with Gasteiger partial charge in [-0.1, -0.05) is 41.9 Å². The van der Waals surface area contributed by atoms with E-state index in [1.54, 1.807) is 4.90 Å². The maximum atomic E-state index is 13.5. The summed E-state index contributed by atoms with van der Waals surface area (Å²) in [5.74, 6) is -1.17. The number of rotatable bonds is 9. The number of azide groups is 1. The van der Waals surface area contributed by atoms with Gasteiger partial charge in [-0.25, -0.2) is 0 Å². The Kier molecular flexibility index (Phi) is 7.11.